The first-order valence-electron chi connectivity index (χ1n) is 6.58. The molecule has 19 heavy (non-hydrogen) atoms. The Balaban J connectivity index is 2.58. The molecule has 3 N–H and O–H groups in total. The molecule has 0 aliphatic rings. The summed E-state index contributed by atoms with van der Waals surface area (Å²) in [5, 5.41) is 11.9. The second kappa shape index (κ2) is 7.55. The summed E-state index contributed by atoms with van der Waals surface area (Å²) in [5.74, 6) is 0.398. The lowest BCUT2D eigenvalue weighted by molar-refractivity contribution is -0.116. The van der Waals surface area contributed by atoms with Crippen LogP contribution in [0.15, 0.2) is 18.2 Å². The topological polar surface area (TPSA) is 78.9 Å². The van der Waals surface area contributed by atoms with E-state index in [0.29, 0.717) is 30.1 Å². The highest BCUT2D eigenvalue weighted by molar-refractivity contribution is 5.92. The number of nitrogens with zero attached hydrogens (tertiary/aromatic N) is 1. The van der Waals surface area contributed by atoms with Crippen LogP contribution >= 0.6 is 0 Å². The zero-order chi connectivity index (χ0) is 14.3. The van der Waals surface area contributed by atoms with E-state index in [2.05, 4.69) is 18.3 Å². The SMILES string of the molecule is Cc1cccc(NC(=O)CCC(C)CCN)c1C#N. The molecule has 1 aromatic rings. The minimum Gasteiger partial charge on any atom is -0.330 e. The number of carbonyl (C=O) groups excluding carboxylic acids is 1. The highest BCUT2D eigenvalue weighted by Gasteiger charge is 2.10. The zero-order valence-corrected chi connectivity index (χ0v) is 11.6. The fraction of sp³-hybridized carbons (Fsp3) is 0.467. The maximum absolute atomic E-state index is 11.8. The summed E-state index contributed by atoms with van der Waals surface area (Å²) >= 11 is 0. The van der Waals surface area contributed by atoms with Crippen LogP contribution in [-0.2, 0) is 4.79 Å². The van der Waals surface area contributed by atoms with Crippen LogP contribution in [0.4, 0.5) is 5.69 Å². The summed E-state index contributed by atoms with van der Waals surface area (Å²) < 4.78 is 0. The highest BCUT2D eigenvalue weighted by atomic mass is 16.1. The number of amides is 1. The second-order valence-corrected chi connectivity index (χ2v) is 4.88. The lowest BCUT2D eigenvalue weighted by atomic mass is 10.0. The van der Waals surface area contributed by atoms with Crippen molar-refractivity contribution >= 4 is 11.6 Å². The Morgan fingerprint density at radius 2 is 2.21 bits per heavy atom. The predicted octanol–water partition coefficient (Wildman–Crippen LogP) is 2.57. The average molecular weight is 259 g/mol. The fourth-order valence-electron chi connectivity index (χ4n) is 1.94. The second-order valence-electron chi connectivity index (χ2n) is 4.88. The molecule has 0 fully saturated rings. The van der Waals surface area contributed by atoms with Gasteiger partial charge in [-0.05, 0) is 43.9 Å². The van der Waals surface area contributed by atoms with Gasteiger partial charge in [-0.1, -0.05) is 19.1 Å². The number of nitrogens with one attached hydrogen (secondary N) is 1. The molecule has 0 heterocycles. The molecule has 1 unspecified atom stereocenters. The molecule has 102 valence electrons. The average Bonchev–Trinajstić information content (AvgIpc) is 2.37. The Labute approximate surface area is 114 Å². The summed E-state index contributed by atoms with van der Waals surface area (Å²) in [6, 6.07) is 7.57. The molecule has 1 atom stereocenters. The van der Waals surface area contributed by atoms with E-state index in [1.807, 2.05) is 19.1 Å². The summed E-state index contributed by atoms with van der Waals surface area (Å²) in [4.78, 5) is 11.8. The number of aryl methyl sites for hydroxylation is 1. The molecule has 1 amide bonds. The maximum atomic E-state index is 11.8. The summed E-state index contributed by atoms with van der Waals surface area (Å²) in [5.41, 5.74) is 7.48. The van der Waals surface area contributed by atoms with Gasteiger partial charge < -0.3 is 11.1 Å². The van der Waals surface area contributed by atoms with Crippen molar-refractivity contribution in [2.75, 3.05) is 11.9 Å². The monoisotopic (exact) mass is 259 g/mol. The van der Waals surface area contributed by atoms with Crippen molar-refractivity contribution < 1.29 is 4.79 Å². The zero-order valence-electron chi connectivity index (χ0n) is 11.6. The molecule has 0 aromatic heterocycles. The van der Waals surface area contributed by atoms with E-state index in [0.717, 1.165) is 18.4 Å². The first-order chi connectivity index (χ1) is 9.08. The van der Waals surface area contributed by atoms with Gasteiger partial charge in [0.2, 0.25) is 5.91 Å². The molecule has 4 nitrogen and oxygen atoms in total. The van der Waals surface area contributed by atoms with Gasteiger partial charge >= 0.3 is 0 Å². The van der Waals surface area contributed by atoms with Crippen LogP contribution in [0.2, 0.25) is 0 Å². The third-order valence-corrected chi connectivity index (χ3v) is 3.18. The normalized spacial score (nSPS) is 11.7. The Hall–Kier alpha value is -1.86. The number of nitrogens with two attached hydrogens (primary N) is 1. The van der Waals surface area contributed by atoms with Crippen LogP contribution in [0.3, 0.4) is 0 Å². The van der Waals surface area contributed by atoms with Crippen molar-refractivity contribution in [2.45, 2.75) is 33.1 Å². The lowest BCUT2D eigenvalue weighted by Gasteiger charge is -2.11. The van der Waals surface area contributed by atoms with E-state index in [1.54, 1.807) is 6.07 Å². The van der Waals surface area contributed by atoms with Gasteiger partial charge in [-0.15, -0.1) is 0 Å². The predicted molar refractivity (Wildman–Crippen MR) is 76.6 cm³/mol. The summed E-state index contributed by atoms with van der Waals surface area (Å²) in [6.07, 6.45) is 2.21. The minimum absolute atomic E-state index is 0.0500. The molecule has 1 aromatic carbocycles. The number of rotatable bonds is 6. The van der Waals surface area contributed by atoms with Gasteiger partial charge in [0, 0.05) is 6.42 Å². The third kappa shape index (κ3) is 4.72. The maximum Gasteiger partial charge on any atom is 0.224 e. The van der Waals surface area contributed by atoms with Crippen LogP contribution in [0, 0.1) is 24.2 Å². The number of nitriles is 1. The van der Waals surface area contributed by atoms with Gasteiger partial charge in [0.1, 0.15) is 6.07 Å². The first-order valence-corrected chi connectivity index (χ1v) is 6.58. The molecule has 0 saturated heterocycles. The molecule has 0 saturated carbocycles. The Bertz CT molecular complexity index is 477. The van der Waals surface area contributed by atoms with Crippen molar-refractivity contribution in [3.63, 3.8) is 0 Å². The van der Waals surface area contributed by atoms with Crippen molar-refractivity contribution in [2.24, 2.45) is 11.7 Å². The molecule has 0 aliphatic carbocycles. The molecule has 0 radical (unpaired) electrons. The van der Waals surface area contributed by atoms with E-state index < -0.39 is 0 Å². The van der Waals surface area contributed by atoms with Crippen LogP contribution in [-0.4, -0.2) is 12.5 Å². The van der Waals surface area contributed by atoms with Gasteiger partial charge in [0.25, 0.3) is 0 Å². The fourth-order valence-corrected chi connectivity index (χ4v) is 1.94. The van der Waals surface area contributed by atoms with Gasteiger partial charge in [-0.3, -0.25) is 4.79 Å². The smallest absolute Gasteiger partial charge is 0.224 e. The Morgan fingerprint density at radius 3 is 2.84 bits per heavy atom. The first kappa shape index (κ1) is 15.2. The van der Waals surface area contributed by atoms with Gasteiger partial charge in [0.15, 0.2) is 0 Å². The van der Waals surface area contributed by atoms with Crippen LogP contribution in [0.1, 0.15) is 37.3 Å². The number of carbonyl (C=O) groups is 1. The molecule has 0 bridgehead atoms. The van der Waals surface area contributed by atoms with E-state index in [1.165, 1.54) is 0 Å². The van der Waals surface area contributed by atoms with E-state index >= 15 is 0 Å². The number of hydrogen-bond donors (Lipinski definition) is 2. The lowest BCUT2D eigenvalue weighted by Crippen LogP contribution is -2.15. The van der Waals surface area contributed by atoms with Crippen LogP contribution in [0.25, 0.3) is 0 Å². The standard InChI is InChI=1S/C15H21N3O/c1-11(8-9-16)6-7-15(19)18-14-5-3-4-12(2)13(14)10-17/h3-5,11H,6-9,16H2,1-2H3,(H,18,19). The van der Waals surface area contributed by atoms with Crippen molar-refractivity contribution in [3.8, 4) is 6.07 Å². The number of hydrogen-bond acceptors (Lipinski definition) is 3. The number of anilines is 1. The molecule has 0 spiro atoms. The quantitative estimate of drug-likeness (QED) is 0.824. The summed E-state index contributed by atoms with van der Waals surface area (Å²) in [6.45, 7) is 4.60. The van der Waals surface area contributed by atoms with E-state index in [4.69, 9.17) is 11.0 Å². The summed E-state index contributed by atoms with van der Waals surface area (Å²) in [7, 11) is 0. The number of benzene rings is 1. The van der Waals surface area contributed by atoms with Gasteiger partial charge in [-0.25, -0.2) is 0 Å². The Morgan fingerprint density at radius 1 is 1.47 bits per heavy atom. The van der Waals surface area contributed by atoms with Crippen molar-refractivity contribution in [3.05, 3.63) is 29.3 Å². The van der Waals surface area contributed by atoms with Crippen LogP contribution in [0.5, 0.6) is 0 Å². The highest BCUT2D eigenvalue weighted by Crippen LogP contribution is 2.19. The molecule has 1 rings (SSSR count). The van der Waals surface area contributed by atoms with Crippen molar-refractivity contribution in [1.82, 2.24) is 0 Å². The van der Waals surface area contributed by atoms with Crippen LogP contribution < -0.4 is 11.1 Å². The minimum atomic E-state index is -0.0500. The molecule has 0 aliphatic heterocycles. The molecule has 4 heteroatoms. The third-order valence-electron chi connectivity index (χ3n) is 3.18. The Kier molecular flexibility index (Phi) is 6.04. The van der Waals surface area contributed by atoms with Gasteiger partial charge in [0.05, 0.1) is 11.3 Å². The molecular formula is C15H21N3O. The molecular weight excluding hydrogens is 238 g/mol. The van der Waals surface area contributed by atoms with E-state index in [-0.39, 0.29) is 5.91 Å². The van der Waals surface area contributed by atoms with Crippen molar-refractivity contribution in [1.29, 1.82) is 5.26 Å². The largest absolute Gasteiger partial charge is 0.330 e. The van der Waals surface area contributed by atoms with E-state index in [9.17, 15) is 4.79 Å². The van der Waals surface area contributed by atoms with Gasteiger partial charge in [-0.2, -0.15) is 5.26 Å².